The summed E-state index contributed by atoms with van der Waals surface area (Å²) in [4.78, 5) is 11.2. The summed E-state index contributed by atoms with van der Waals surface area (Å²) in [5.41, 5.74) is -0.0966. The Bertz CT molecular complexity index is 370. The van der Waals surface area contributed by atoms with Gasteiger partial charge in [-0.05, 0) is 31.0 Å². The van der Waals surface area contributed by atoms with Gasteiger partial charge in [-0.2, -0.15) is 0 Å². The summed E-state index contributed by atoms with van der Waals surface area (Å²) < 4.78 is 0.942. The number of aliphatic carboxylic acids is 1. The molecule has 0 spiro atoms. The maximum absolute atomic E-state index is 11.2. The second kappa shape index (κ2) is 4.62. The molecule has 0 bridgehead atoms. The Hall–Kier alpha value is -1.09. The van der Waals surface area contributed by atoms with E-state index in [9.17, 15) is 9.90 Å². The minimum Gasteiger partial charge on any atom is -0.481 e. The normalized spacial score (nSPS) is 14.3. The van der Waals surface area contributed by atoms with Crippen LogP contribution < -0.4 is 0 Å². The van der Waals surface area contributed by atoms with Crippen LogP contribution in [0.3, 0.4) is 0 Å². The molecule has 1 rings (SSSR count). The fourth-order valence-corrected chi connectivity index (χ4v) is 1.70. The molecule has 0 aliphatic rings. The molecule has 15 heavy (non-hydrogen) atoms. The van der Waals surface area contributed by atoms with Gasteiger partial charge < -0.3 is 5.11 Å². The number of hydrogen-bond acceptors (Lipinski definition) is 1. The quantitative estimate of drug-likeness (QED) is 0.851. The number of carbonyl (C=O) groups is 1. The van der Waals surface area contributed by atoms with E-state index in [-0.39, 0.29) is 0 Å². The Morgan fingerprint density at radius 1 is 1.53 bits per heavy atom. The maximum Gasteiger partial charge on any atom is 0.314 e. The maximum atomic E-state index is 11.2. The fourth-order valence-electron chi connectivity index (χ4n) is 1.44. The van der Waals surface area contributed by atoms with Crippen molar-refractivity contribution in [2.75, 3.05) is 0 Å². The van der Waals surface area contributed by atoms with E-state index in [1.165, 1.54) is 0 Å². The Kier molecular flexibility index (Phi) is 3.69. The molecular weight excluding hydrogens is 256 g/mol. The molecule has 0 aliphatic carbocycles. The van der Waals surface area contributed by atoms with E-state index in [4.69, 9.17) is 0 Å². The average molecular weight is 269 g/mol. The Morgan fingerprint density at radius 2 is 2.07 bits per heavy atom. The lowest BCUT2D eigenvalue weighted by Crippen LogP contribution is -2.31. The van der Waals surface area contributed by atoms with E-state index in [0.29, 0.717) is 6.42 Å². The molecule has 3 heteroatoms. The molecule has 0 amide bonds. The third kappa shape index (κ3) is 2.48. The van der Waals surface area contributed by atoms with Gasteiger partial charge in [-0.3, -0.25) is 4.79 Å². The number of hydrogen-bond donors (Lipinski definition) is 1. The summed E-state index contributed by atoms with van der Waals surface area (Å²) in [5.74, 6) is -0.829. The molecule has 0 saturated carbocycles. The largest absolute Gasteiger partial charge is 0.481 e. The summed E-state index contributed by atoms with van der Waals surface area (Å²) in [6.45, 7) is 5.31. The van der Waals surface area contributed by atoms with Crippen LogP contribution in [0.25, 0.3) is 0 Å². The lowest BCUT2D eigenvalue weighted by molar-refractivity contribution is -0.143. The zero-order valence-corrected chi connectivity index (χ0v) is 10.1. The summed E-state index contributed by atoms with van der Waals surface area (Å²) >= 11 is 3.32. The molecule has 80 valence electrons. The van der Waals surface area contributed by atoms with Gasteiger partial charge >= 0.3 is 5.97 Å². The molecule has 0 heterocycles. The van der Waals surface area contributed by atoms with Crippen LogP contribution in [0.4, 0.5) is 0 Å². The summed E-state index contributed by atoms with van der Waals surface area (Å²) in [6.07, 6.45) is 2.06. The first-order chi connectivity index (χ1) is 7.00. The van der Waals surface area contributed by atoms with Gasteiger partial charge in [0.05, 0.1) is 5.41 Å². The number of carboxylic acids is 1. The van der Waals surface area contributed by atoms with E-state index in [2.05, 4.69) is 22.5 Å². The van der Waals surface area contributed by atoms with Gasteiger partial charge in [0, 0.05) is 4.47 Å². The van der Waals surface area contributed by atoms with Crippen molar-refractivity contribution < 1.29 is 9.90 Å². The Labute approximate surface area is 97.8 Å². The van der Waals surface area contributed by atoms with Crippen molar-refractivity contribution in [3.8, 4) is 0 Å². The van der Waals surface area contributed by atoms with E-state index in [1.54, 1.807) is 13.0 Å². The molecule has 1 aromatic carbocycles. The predicted octanol–water partition coefficient (Wildman–Crippen LogP) is 3.37. The van der Waals surface area contributed by atoms with Gasteiger partial charge in [-0.25, -0.2) is 0 Å². The van der Waals surface area contributed by atoms with E-state index < -0.39 is 11.4 Å². The Morgan fingerprint density at radius 3 is 2.47 bits per heavy atom. The second-order valence-corrected chi connectivity index (χ2v) is 4.55. The summed E-state index contributed by atoms with van der Waals surface area (Å²) in [5, 5.41) is 9.23. The van der Waals surface area contributed by atoms with E-state index >= 15 is 0 Å². The first-order valence-corrected chi connectivity index (χ1v) is 5.40. The van der Waals surface area contributed by atoms with Gasteiger partial charge in [0.2, 0.25) is 0 Å². The highest BCUT2D eigenvalue weighted by atomic mass is 79.9. The predicted molar refractivity (Wildman–Crippen MR) is 63.9 cm³/mol. The van der Waals surface area contributed by atoms with Gasteiger partial charge in [0.1, 0.15) is 0 Å². The molecule has 1 unspecified atom stereocenters. The topological polar surface area (TPSA) is 37.3 Å². The molecule has 0 radical (unpaired) electrons. The third-order valence-corrected chi connectivity index (χ3v) is 3.03. The van der Waals surface area contributed by atoms with Crippen LogP contribution in [-0.2, 0) is 10.2 Å². The molecule has 0 fully saturated rings. The van der Waals surface area contributed by atoms with Crippen molar-refractivity contribution in [1.29, 1.82) is 0 Å². The van der Waals surface area contributed by atoms with Crippen LogP contribution in [0.1, 0.15) is 18.9 Å². The highest BCUT2D eigenvalue weighted by Gasteiger charge is 2.33. The van der Waals surface area contributed by atoms with Crippen LogP contribution in [0.2, 0.25) is 0 Å². The third-order valence-electron chi connectivity index (χ3n) is 2.51. The molecule has 0 aliphatic heterocycles. The monoisotopic (exact) mass is 268 g/mol. The van der Waals surface area contributed by atoms with E-state index in [0.717, 1.165) is 10.0 Å². The number of allylic oxidation sites excluding steroid dienone is 1. The van der Waals surface area contributed by atoms with Crippen LogP contribution in [0.5, 0.6) is 0 Å². The SMILES string of the molecule is C=CCC(C)(C(=O)O)c1ccc(Br)cc1. The van der Waals surface area contributed by atoms with Gasteiger partial charge in [-0.15, -0.1) is 6.58 Å². The average Bonchev–Trinajstić information content (AvgIpc) is 2.18. The minimum absolute atomic E-state index is 0.421. The van der Waals surface area contributed by atoms with Gasteiger partial charge in [0.15, 0.2) is 0 Å². The number of rotatable bonds is 4. The van der Waals surface area contributed by atoms with Crippen molar-refractivity contribution in [3.63, 3.8) is 0 Å². The zero-order valence-electron chi connectivity index (χ0n) is 8.53. The van der Waals surface area contributed by atoms with Crippen molar-refractivity contribution >= 4 is 21.9 Å². The lowest BCUT2D eigenvalue weighted by Gasteiger charge is -2.23. The number of carboxylic acid groups (broad SMARTS) is 1. The molecule has 1 atom stereocenters. The molecule has 0 aromatic heterocycles. The zero-order chi connectivity index (χ0) is 11.5. The van der Waals surface area contributed by atoms with Gasteiger partial charge in [0.25, 0.3) is 0 Å². The van der Waals surface area contributed by atoms with Crippen LogP contribution in [0, 0.1) is 0 Å². The molecule has 0 saturated heterocycles. The second-order valence-electron chi connectivity index (χ2n) is 3.64. The smallest absolute Gasteiger partial charge is 0.314 e. The number of halogens is 1. The van der Waals surface area contributed by atoms with Gasteiger partial charge in [-0.1, -0.05) is 34.1 Å². The fraction of sp³-hybridized carbons (Fsp3) is 0.250. The lowest BCUT2D eigenvalue weighted by atomic mass is 9.80. The van der Waals surface area contributed by atoms with E-state index in [1.807, 2.05) is 24.3 Å². The highest BCUT2D eigenvalue weighted by molar-refractivity contribution is 9.10. The van der Waals surface area contributed by atoms with Crippen LogP contribution in [0.15, 0.2) is 41.4 Å². The molecule has 1 N–H and O–H groups in total. The standard InChI is InChI=1S/C12H13BrO2/c1-3-8-12(2,11(14)15)9-4-6-10(13)7-5-9/h3-7H,1,8H2,2H3,(H,14,15). The van der Waals surface area contributed by atoms with Crippen LogP contribution >= 0.6 is 15.9 Å². The Balaban J connectivity index is 3.14. The molecular formula is C12H13BrO2. The van der Waals surface area contributed by atoms with Crippen molar-refractivity contribution in [2.45, 2.75) is 18.8 Å². The van der Waals surface area contributed by atoms with Crippen LogP contribution in [-0.4, -0.2) is 11.1 Å². The van der Waals surface area contributed by atoms with Crippen molar-refractivity contribution in [2.24, 2.45) is 0 Å². The molecule has 2 nitrogen and oxygen atoms in total. The minimum atomic E-state index is -0.886. The van der Waals surface area contributed by atoms with Crippen molar-refractivity contribution in [1.82, 2.24) is 0 Å². The summed E-state index contributed by atoms with van der Waals surface area (Å²) in [7, 11) is 0. The first kappa shape index (κ1) is 12.0. The summed E-state index contributed by atoms with van der Waals surface area (Å²) in [6, 6.07) is 7.34. The first-order valence-electron chi connectivity index (χ1n) is 4.61. The molecule has 1 aromatic rings. The highest BCUT2D eigenvalue weighted by Crippen LogP contribution is 2.29. The number of benzene rings is 1. The van der Waals surface area contributed by atoms with Crippen molar-refractivity contribution in [3.05, 3.63) is 47.0 Å².